The number of nitrogens with one attached hydrogen (secondary N) is 1. The lowest BCUT2D eigenvalue weighted by molar-refractivity contribution is -0.157. The lowest BCUT2D eigenvalue weighted by atomic mass is 9.97. The summed E-state index contributed by atoms with van der Waals surface area (Å²) in [6.07, 6.45) is 0.809. The van der Waals surface area contributed by atoms with E-state index in [4.69, 9.17) is 9.47 Å². The maximum Gasteiger partial charge on any atom is 0.330 e. The zero-order valence-electron chi connectivity index (χ0n) is 12.7. The van der Waals surface area contributed by atoms with Crippen LogP contribution in [0.15, 0.2) is 15.8 Å². The highest BCUT2D eigenvalue weighted by Crippen LogP contribution is 2.27. The second-order valence-corrected chi connectivity index (χ2v) is 6.28. The quantitative estimate of drug-likeness (QED) is 0.839. The number of ether oxygens (including phenoxy) is 2. The number of halogens is 1. The fourth-order valence-electron chi connectivity index (χ4n) is 2.07. The van der Waals surface area contributed by atoms with Crippen LogP contribution in [-0.4, -0.2) is 28.2 Å². The normalized spacial score (nSPS) is 21.8. The van der Waals surface area contributed by atoms with Gasteiger partial charge in [0, 0.05) is 0 Å². The Morgan fingerprint density at radius 2 is 2.14 bits per heavy atom. The van der Waals surface area contributed by atoms with Crippen molar-refractivity contribution in [2.24, 2.45) is 5.41 Å². The summed E-state index contributed by atoms with van der Waals surface area (Å²) in [6.45, 7) is 5.32. The topological polar surface area (TPSA) is 90.4 Å². The van der Waals surface area contributed by atoms with Crippen molar-refractivity contribution in [1.82, 2.24) is 9.55 Å². The summed E-state index contributed by atoms with van der Waals surface area (Å²) in [5, 5.41) is 0. The summed E-state index contributed by atoms with van der Waals surface area (Å²) >= 11 is 0. The van der Waals surface area contributed by atoms with Gasteiger partial charge in [0.1, 0.15) is 12.8 Å². The van der Waals surface area contributed by atoms with Crippen LogP contribution in [0.4, 0.5) is 4.39 Å². The van der Waals surface area contributed by atoms with Crippen LogP contribution >= 0.6 is 0 Å². The van der Waals surface area contributed by atoms with Gasteiger partial charge in [-0.3, -0.25) is 19.1 Å². The Morgan fingerprint density at radius 3 is 2.77 bits per heavy atom. The first kappa shape index (κ1) is 16.4. The number of hydrogen-bond donors (Lipinski definition) is 1. The summed E-state index contributed by atoms with van der Waals surface area (Å²) in [7, 11) is 0. The molecule has 122 valence electrons. The van der Waals surface area contributed by atoms with Gasteiger partial charge in [0.15, 0.2) is 0 Å². The largest absolute Gasteiger partial charge is 0.463 e. The number of H-pyrrole nitrogens is 1. The van der Waals surface area contributed by atoms with E-state index in [1.165, 1.54) is 0 Å². The zero-order valence-corrected chi connectivity index (χ0v) is 12.7. The number of nitrogens with zero attached hydrogens (tertiary/aromatic N) is 1. The number of carbonyl (C=O) groups is 1. The SMILES string of the molecule is CC(C)(C)C(=O)OC[C@@H]1CC[C@H](n2cc(F)c(=O)[nH]c2=O)O1. The molecule has 1 aromatic heterocycles. The Balaban J connectivity index is 1.99. The van der Waals surface area contributed by atoms with Crippen LogP contribution < -0.4 is 11.2 Å². The Bertz CT molecular complexity index is 673. The number of esters is 1. The minimum Gasteiger partial charge on any atom is -0.463 e. The molecule has 1 N–H and O–H groups in total. The van der Waals surface area contributed by atoms with Gasteiger partial charge in [-0.1, -0.05) is 0 Å². The third-order valence-electron chi connectivity index (χ3n) is 3.33. The number of carbonyl (C=O) groups excluding carboxylic acids is 1. The maximum absolute atomic E-state index is 13.3. The summed E-state index contributed by atoms with van der Waals surface area (Å²) in [6, 6.07) is 0. The summed E-state index contributed by atoms with van der Waals surface area (Å²) in [5.41, 5.74) is -2.39. The molecule has 22 heavy (non-hydrogen) atoms. The van der Waals surface area contributed by atoms with Crippen molar-refractivity contribution in [2.45, 2.75) is 45.9 Å². The lowest BCUT2D eigenvalue weighted by Crippen LogP contribution is -2.34. The van der Waals surface area contributed by atoms with Crippen LogP contribution in [-0.2, 0) is 14.3 Å². The van der Waals surface area contributed by atoms with E-state index in [9.17, 15) is 18.8 Å². The zero-order chi connectivity index (χ0) is 16.5. The third-order valence-corrected chi connectivity index (χ3v) is 3.33. The Labute approximate surface area is 126 Å². The van der Waals surface area contributed by atoms with Crippen molar-refractivity contribution in [3.05, 3.63) is 32.9 Å². The second-order valence-electron chi connectivity index (χ2n) is 6.28. The molecule has 1 fully saturated rings. The first-order valence-electron chi connectivity index (χ1n) is 7.02. The molecule has 2 atom stereocenters. The molecule has 0 amide bonds. The summed E-state index contributed by atoms with van der Waals surface area (Å²) in [5.74, 6) is -1.39. The fourth-order valence-corrected chi connectivity index (χ4v) is 2.07. The minimum atomic E-state index is -1.06. The molecule has 1 aromatic rings. The van der Waals surface area contributed by atoms with E-state index in [2.05, 4.69) is 0 Å². The fraction of sp³-hybridized carbons (Fsp3) is 0.643. The molecular weight excluding hydrogens is 295 g/mol. The highest BCUT2D eigenvalue weighted by atomic mass is 19.1. The Hall–Kier alpha value is -1.96. The van der Waals surface area contributed by atoms with Gasteiger partial charge in [0.2, 0.25) is 5.82 Å². The van der Waals surface area contributed by atoms with Gasteiger partial charge in [-0.2, -0.15) is 4.39 Å². The van der Waals surface area contributed by atoms with Crippen LogP contribution in [0.25, 0.3) is 0 Å². The van der Waals surface area contributed by atoms with Gasteiger partial charge < -0.3 is 9.47 Å². The Kier molecular flexibility index (Phi) is 4.50. The molecule has 1 saturated heterocycles. The van der Waals surface area contributed by atoms with Crippen molar-refractivity contribution >= 4 is 5.97 Å². The van der Waals surface area contributed by atoms with Gasteiger partial charge in [0.25, 0.3) is 5.56 Å². The molecule has 2 rings (SSSR count). The predicted molar refractivity (Wildman–Crippen MR) is 74.8 cm³/mol. The molecular formula is C14H19FN2O5. The van der Waals surface area contributed by atoms with E-state index in [1.54, 1.807) is 20.8 Å². The smallest absolute Gasteiger partial charge is 0.330 e. The molecule has 0 saturated carbocycles. The highest BCUT2D eigenvalue weighted by Gasteiger charge is 2.30. The van der Waals surface area contributed by atoms with E-state index >= 15 is 0 Å². The van der Waals surface area contributed by atoms with Gasteiger partial charge in [0.05, 0.1) is 17.7 Å². The van der Waals surface area contributed by atoms with E-state index in [0.717, 1.165) is 10.8 Å². The van der Waals surface area contributed by atoms with Gasteiger partial charge in [-0.05, 0) is 33.6 Å². The monoisotopic (exact) mass is 314 g/mol. The summed E-state index contributed by atoms with van der Waals surface area (Å²) in [4.78, 5) is 36.2. The first-order valence-corrected chi connectivity index (χ1v) is 7.02. The van der Waals surface area contributed by atoms with Crippen molar-refractivity contribution in [3.63, 3.8) is 0 Å². The molecule has 2 heterocycles. The molecule has 1 aliphatic heterocycles. The average molecular weight is 314 g/mol. The number of hydrogen-bond acceptors (Lipinski definition) is 5. The van der Waals surface area contributed by atoms with Crippen molar-refractivity contribution in [1.29, 1.82) is 0 Å². The predicted octanol–water partition coefficient (Wildman–Crippen LogP) is 0.943. The van der Waals surface area contributed by atoms with Crippen LogP contribution in [0.5, 0.6) is 0 Å². The molecule has 7 nitrogen and oxygen atoms in total. The molecule has 0 spiro atoms. The van der Waals surface area contributed by atoms with Crippen molar-refractivity contribution in [2.75, 3.05) is 6.61 Å². The van der Waals surface area contributed by atoms with Crippen LogP contribution in [0, 0.1) is 11.2 Å². The van der Waals surface area contributed by atoms with Gasteiger partial charge in [-0.25, -0.2) is 4.79 Å². The van der Waals surface area contributed by atoms with E-state index in [-0.39, 0.29) is 18.7 Å². The van der Waals surface area contributed by atoms with E-state index < -0.39 is 28.7 Å². The van der Waals surface area contributed by atoms with E-state index in [1.807, 2.05) is 4.98 Å². The second kappa shape index (κ2) is 6.04. The number of rotatable bonds is 3. The van der Waals surface area contributed by atoms with E-state index in [0.29, 0.717) is 12.8 Å². The molecule has 0 radical (unpaired) electrons. The van der Waals surface area contributed by atoms with Crippen molar-refractivity contribution < 1.29 is 18.7 Å². The summed E-state index contributed by atoms with van der Waals surface area (Å²) < 4.78 is 25.0. The highest BCUT2D eigenvalue weighted by molar-refractivity contribution is 5.75. The Morgan fingerprint density at radius 1 is 1.45 bits per heavy atom. The molecule has 0 bridgehead atoms. The van der Waals surface area contributed by atoms with Crippen LogP contribution in [0.2, 0.25) is 0 Å². The van der Waals surface area contributed by atoms with Gasteiger partial charge >= 0.3 is 11.7 Å². The lowest BCUT2D eigenvalue weighted by Gasteiger charge is -2.19. The number of aromatic amines is 1. The molecule has 1 aliphatic rings. The van der Waals surface area contributed by atoms with Crippen LogP contribution in [0.3, 0.4) is 0 Å². The maximum atomic E-state index is 13.3. The number of aromatic nitrogens is 2. The van der Waals surface area contributed by atoms with Gasteiger partial charge in [-0.15, -0.1) is 0 Å². The minimum absolute atomic E-state index is 0.0766. The molecule has 0 unspecified atom stereocenters. The van der Waals surface area contributed by atoms with Crippen LogP contribution in [0.1, 0.15) is 39.8 Å². The standard InChI is InChI=1S/C14H19FN2O5/c1-14(2,3)12(19)21-7-8-4-5-10(22-8)17-6-9(15)11(18)16-13(17)20/h6,8,10H,4-5,7H2,1-3H3,(H,16,18,20)/t8-,10+/m0/s1. The average Bonchev–Trinajstić information content (AvgIpc) is 2.87. The van der Waals surface area contributed by atoms with Crippen molar-refractivity contribution in [3.8, 4) is 0 Å². The third kappa shape index (κ3) is 3.62. The molecule has 0 aliphatic carbocycles. The molecule has 0 aromatic carbocycles. The molecule has 8 heteroatoms. The first-order chi connectivity index (χ1) is 10.2.